The number of ether oxygens (including phenoxy) is 2. The maximum atomic E-state index is 12.7. The van der Waals surface area contributed by atoms with E-state index in [0.717, 1.165) is 11.1 Å². The van der Waals surface area contributed by atoms with Gasteiger partial charge in [-0.25, -0.2) is 4.79 Å². The molecule has 1 heterocycles. The number of hydrogen-bond donors (Lipinski definition) is 2. The minimum absolute atomic E-state index is 0.0101. The lowest BCUT2D eigenvalue weighted by molar-refractivity contribution is -0.139. The van der Waals surface area contributed by atoms with E-state index in [9.17, 15) is 14.4 Å². The number of benzene rings is 2. The lowest BCUT2D eigenvalue weighted by atomic mass is 9.98. The van der Waals surface area contributed by atoms with Crippen molar-refractivity contribution in [2.45, 2.75) is 50.7 Å². The van der Waals surface area contributed by atoms with Crippen molar-refractivity contribution in [2.75, 3.05) is 26.3 Å². The van der Waals surface area contributed by atoms with Crippen LogP contribution < -0.4 is 5.32 Å². The Kier molecular flexibility index (Phi) is 8.02. The number of carboxylic acid groups (broad SMARTS) is 1. The van der Waals surface area contributed by atoms with Crippen molar-refractivity contribution < 1.29 is 29.0 Å². The summed E-state index contributed by atoms with van der Waals surface area (Å²) in [5, 5.41) is 11.5. The van der Waals surface area contributed by atoms with E-state index in [-0.39, 0.29) is 50.0 Å². The van der Waals surface area contributed by atoms with E-state index in [1.807, 2.05) is 24.3 Å². The fourth-order valence-corrected chi connectivity index (χ4v) is 4.87. The quantitative estimate of drug-likeness (QED) is 0.566. The first-order chi connectivity index (χ1) is 16.9. The standard InChI is InChI=1S/C27H32N2O6/c1-18(16-25(30)29-13-10-19(11-14-29)34-15-12-26(31)32)28-27(33)35-17-24-22-8-4-2-6-20(22)21-7-3-5-9-23(21)24/h2-9,18-19,24H,10-17H2,1H3,(H,28,33)(H,31,32). The average molecular weight is 481 g/mol. The van der Waals surface area contributed by atoms with Crippen molar-refractivity contribution in [1.29, 1.82) is 0 Å². The van der Waals surface area contributed by atoms with Crippen LogP contribution in [0.1, 0.15) is 49.7 Å². The summed E-state index contributed by atoms with van der Waals surface area (Å²) in [6, 6.07) is 16.0. The molecule has 0 spiro atoms. The van der Waals surface area contributed by atoms with Crippen molar-refractivity contribution >= 4 is 18.0 Å². The van der Waals surface area contributed by atoms with Gasteiger partial charge in [-0.05, 0) is 42.0 Å². The van der Waals surface area contributed by atoms with Crippen LogP contribution in [-0.2, 0) is 19.1 Å². The highest BCUT2D eigenvalue weighted by Gasteiger charge is 2.29. The first-order valence-electron chi connectivity index (χ1n) is 12.1. The third-order valence-corrected chi connectivity index (χ3v) is 6.65. The molecule has 2 N–H and O–H groups in total. The Bertz CT molecular complexity index is 1020. The van der Waals surface area contributed by atoms with Gasteiger partial charge in [0.25, 0.3) is 0 Å². The number of carbonyl (C=O) groups excluding carboxylic acids is 2. The van der Waals surface area contributed by atoms with E-state index in [1.54, 1.807) is 11.8 Å². The van der Waals surface area contributed by atoms with Crippen LogP contribution in [0.3, 0.4) is 0 Å². The number of hydrogen-bond acceptors (Lipinski definition) is 5. The van der Waals surface area contributed by atoms with Gasteiger partial charge in [0.05, 0.1) is 19.1 Å². The Morgan fingerprint density at radius 2 is 1.63 bits per heavy atom. The lowest BCUT2D eigenvalue weighted by Gasteiger charge is -2.32. The molecule has 2 aromatic rings. The van der Waals surface area contributed by atoms with Gasteiger partial charge in [0.2, 0.25) is 5.91 Å². The smallest absolute Gasteiger partial charge is 0.407 e. The molecule has 1 unspecified atom stereocenters. The Morgan fingerprint density at radius 1 is 1.03 bits per heavy atom. The van der Waals surface area contributed by atoms with E-state index in [1.165, 1.54) is 11.1 Å². The van der Waals surface area contributed by atoms with Crippen LogP contribution in [-0.4, -0.2) is 66.4 Å². The zero-order valence-corrected chi connectivity index (χ0v) is 19.9. The molecule has 1 aliphatic heterocycles. The fraction of sp³-hybridized carbons (Fsp3) is 0.444. The predicted molar refractivity (Wildman–Crippen MR) is 130 cm³/mol. The van der Waals surface area contributed by atoms with E-state index >= 15 is 0 Å². The Hall–Kier alpha value is -3.39. The van der Waals surface area contributed by atoms with Gasteiger partial charge in [-0.3, -0.25) is 9.59 Å². The molecule has 1 atom stereocenters. The zero-order valence-electron chi connectivity index (χ0n) is 19.9. The number of aliphatic carboxylic acids is 1. The highest BCUT2D eigenvalue weighted by atomic mass is 16.5. The number of carbonyl (C=O) groups is 3. The van der Waals surface area contributed by atoms with Crippen molar-refractivity contribution in [3.8, 4) is 11.1 Å². The molecule has 1 saturated heterocycles. The number of piperidine rings is 1. The molecule has 8 heteroatoms. The molecule has 35 heavy (non-hydrogen) atoms. The van der Waals surface area contributed by atoms with Crippen molar-refractivity contribution in [2.24, 2.45) is 0 Å². The Morgan fingerprint density at radius 3 is 2.23 bits per heavy atom. The molecule has 1 fully saturated rings. The molecule has 1 aliphatic carbocycles. The van der Waals surface area contributed by atoms with Crippen LogP contribution in [0.5, 0.6) is 0 Å². The highest BCUT2D eigenvalue weighted by molar-refractivity contribution is 5.79. The molecule has 186 valence electrons. The number of fused-ring (bicyclic) bond motifs is 3. The van der Waals surface area contributed by atoms with Crippen LogP contribution in [0.25, 0.3) is 11.1 Å². The molecule has 4 rings (SSSR count). The first-order valence-corrected chi connectivity index (χ1v) is 12.1. The van der Waals surface area contributed by atoms with Crippen LogP contribution in [0.4, 0.5) is 4.79 Å². The number of rotatable bonds is 9. The van der Waals surface area contributed by atoms with Crippen molar-refractivity contribution in [3.05, 3.63) is 59.7 Å². The molecule has 2 amide bonds. The van der Waals surface area contributed by atoms with Crippen molar-refractivity contribution in [3.63, 3.8) is 0 Å². The van der Waals surface area contributed by atoms with E-state index < -0.39 is 12.1 Å². The van der Waals surface area contributed by atoms with Gasteiger partial charge < -0.3 is 24.8 Å². The van der Waals surface area contributed by atoms with E-state index in [0.29, 0.717) is 25.9 Å². The number of amides is 2. The Balaban J connectivity index is 1.20. The SMILES string of the molecule is CC(CC(=O)N1CCC(OCCC(=O)O)CC1)NC(=O)OCC1c2ccccc2-c2ccccc21. The summed E-state index contributed by atoms with van der Waals surface area (Å²) < 4.78 is 11.1. The maximum absolute atomic E-state index is 12.7. The number of nitrogens with zero attached hydrogens (tertiary/aromatic N) is 1. The largest absolute Gasteiger partial charge is 0.481 e. The summed E-state index contributed by atoms with van der Waals surface area (Å²) in [7, 11) is 0. The molecule has 2 aliphatic rings. The van der Waals surface area contributed by atoms with E-state index in [2.05, 4.69) is 29.6 Å². The van der Waals surface area contributed by atoms with Gasteiger partial charge in [-0.1, -0.05) is 48.5 Å². The number of nitrogens with one attached hydrogen (secondary N) is 1. The monoisotopic (exact) mass is 480 g/mol. The molecule has 0 radical (unpaired) electrons. The number of carboxylic acids is 1. The van der Waals surface area contributed by atoms with Crippen LogP contribution in [0.15, 0.2) is 48.5 Å². The van der Waals surface area contributed by atoms with Crippen molar-refractivity contribution in [1.82, 2.24) is 10.2 Å². The Labute approximate surface area is 205 Å². The summed E-state index contributed by atoms with van der Waals surface area (Å²) in [5.74, 6) is -0.917. The number of alkyl carbamates (subject to hydrolysis) is 1. The number of likely N-dealkylation sites (tertiary alicyclic amines) is 1. The van der Waals surface area contributed by atoms with Crippen LogP contribution >= 0.6 is 0 Å². The second kappa shape index (κ2) is 11.4. The van der Waals surface area contributed by atoms with Crippen LogP contribution in [0.2, 0.25) is 0 Å². The minimum Gasteiger partial charge on any atom is -0.481 e. The topological polar surface area (TPSA) is 105 Å². The molecule has 0 aromatic heterocycles. The summed E-state index contributed by atoms with van der Waals surface area (Å²) in [4.78, 5) is 37.5. The molecular formula is C27H32N2O6. The highest BCUT2D eigenvalue weighted by Crippen LogP contribution is 2.44. The fourth-order valence-electron chi connectivity index (χ4n) is 4.87. The van der Waals surface area contributed by atoms with Gasteiger partial charge in [-0.15, -0.1) is 0 Å². The third-order valence-electron chi connectivity index (χ3n) is 6.65. The minimum atomic E-state index is -0.879. The van der Waals surface area contributed by atoms with Gasteiger partial charge in [0, 0.05) is 31.5 Å². The molecule has 8 nitrogen and oxygen atoms in total. The summed E-state index contributed by atoms with van der Waals surface area (Å²) in [6.45, 7) is 3.34. The second-order valence-corrected chi connectivity index (χ2v) is 9.17. The summed E-state index contributed by atoms with van der Waals surface area (Å²) >= 11 is 0. The van der Waals surface area contributed by atoms with Gasteiger partial charge >= 0.3 is 12.1 Å². The lowest BCUT2D eigenvalue weighted by Crippen LogP contribution is -2.44. The van der Waals surface area contributed by atoms with Gasteiger partial charge in [0.15, 0.2) is 0 Å². The average Bonchev–Trinajstić information content (AvgIpc) is 3.16. The molecule has 2 aromatic carbocycles. The van der Waals surface area contributed by atoms with E-state index in [4.69, 9.17) is 14.6 Å². The molecule has 0 saturated carbocycles. The second-order valence-electron chi connectivity index (χ2n) is 9.17. The summed E-state index contributed by atoms with van der Waals surface area (Å²) in [5.41, 5.74) is 4.65. The predicted octanol–water partition coefficient (Wildman–Crippen LogP) is 3.79. The summed E-state index contributed by atoms with van der Waals surface area (Å²) in [6.07, 6.45) is 0.985. The van der Waals surface area contributed by atoms with Gasteiger partial charge in [0.1, 0.15) is 6.61 Å². The normalized spacial score (nSPS) is 16.3. The van der Waals surface area contributed by atoms with Gasteiger partial charge in [-0.2, -0.15) is 0 Å². The molecule has 0 bridgehead atoms. The first kappa shape index (κ1) is 24.7. The maximum Gasteiger partial charge on any atom is 0.407 e. The molecular weight excluding hydrogens is 448 g/mol. The zero-order chi connectivity index (χ0) is 24.8. The third kappa shape index (κ3) is 6.19. The van der Waals surface area contributed by atoms with Crippen LogP contribution in [0, 0.1) is 0 Å².